The molecule has 1 amide bonds. The van der Waals surface area contributed by atoms with Gasteiger partial charge in [0.1, 0.15) is 11.5 Å². The van der Waals surface area contributed by atoms with Crippen LogP contribution in [0.25, 0.3) is 0 Å². The van der Waals surface area contributed by atoms with Crippen LogP contribution in [0.3, 0.4) is 0 Å². The monoisotopic (exact) mass is 404 g/mol. The molecule has 0 fully saturated rings. The largest absolute Gasteiger partial charge is 0.573 e. The minimum atomic E-state index is -4.73. The smallest absolute Gasteiger partial charge is 0.479 e. The van der Waals surface area contributed by atoms with E-state index in [1.54, 1.807) is 19.1 Å². The van der Waals surface area contributed by atoms with Crippen LogP contribution in [-0.4, -0.2) is 18.4 Å². The van der Waals surface area contributed by atoms with Crippen LogP contribution >= 0.6 is 23.5 Å². The first-order valence-electron chi connectivity index (χ1n) is 7.31. The lowest BCUT2D eigenvalue weighted by Crippen LogP contribution is -2.34. The summed E-state index contributed by atoms with van der Waals surface area (Å²) in [6.45, 7) is 1.63. The van der Waals surface area contributed by atoms with Crippen LogP contribution in [0.2, 0.25) is 5.02 Å². The summed E-state index contributed by atoms with van der Waals surface area (Å²) < 4.78 is 48.8. The molecule has 0 saturated carbocycles. The van der Waals surface area contributed by atoms with E-state index in [-0.39, 0.29) is 11.7 Å². The number of carbonyl (C=O) groups excluding carboxylic acids is 1. The van der Waals surface area contributed by atoms with Crippen molar-refractivity contribution in [1.29, 1.82) is 0 Å². The fourth-order valence-electron chi connectivity index (χ4n) is 2.13. The van der Waals surface area contributed by atoms with Crippen LogP contribution in [0.1, 0.15) is 6.92 Å². The van der Waals surface area contributed by atoms with Gasteiger partial charge in [-0.05, 0) is 55.3 Å². The molecule has 138 valence electrons. The number of rotatable bonds is 4. The molecule has 26 heavy (non-hydrogen) atoms. The second-order valence-electron chi connectivity index (χ2n) is 5.30. The minimum absolute atomic E-state index is 0.256. The molecule has 1 unspecified atom stereocenters. The maximum atomic E-state index is 12.2. The average molecular weight is 405 g/mol. The summed E-state index contributed by atoms with van der Waals surface area (Å²) in [4.78, 5) is 12.2. The van der Waals surface area contributed by atoms with Crippen LogP contribution in [-0.2, 0) is 4.79 Å². The van der Waals surface area contributed by atoms with Crippen molar-refractivity contribution < 1.29 is 27.4 Å². The van der Waals surface area contributed by atoms with Gasteiger partial charge >= 0.3 is 6.36 Å². The first kappa shape index (κ1) is 18.5. The van der Waals surface area contributed by atoms with E-state index in [9.17, 15) is 18.0 Å². The van der Waals surface area contributed by atoms with Crippen molar-refractivity contribution in [3.8, 4) is 11.5 Å². The van der Waals surface area contributed by atoms with E-state index in [2.05, 4.69) is 14.8 Å². The number of hydrogen-bond acceptors (Lipinski definition) is 5. The summed E-state index contributed by atoms with van der Waals surface area (Å²) in [7, 11) is 0. The maximum absolute atomic E-state index is 12.2. The van der Waals surface area contributed by atoms with E-state index in [0.717, 1.165) is 11.9 Å². The molecule has 0 radical (unpaired) electrons. The van der Waals surface area contributed by atoms with Gasteiger partial charge in [-0.25, -0.2) is 0 Å². The Morgan fingerprint density at radius 3 is 2.62 bits per heavy atom. The van der Waals surface area contributed by atoms with E-state index in [4.69, 9.17) is 16.3 Å². The van der Waals surface area contributed by atoms with Crippen LogP contribution in [0, 0.1) is 0 Å². The third-order valence-electron chi connectivity index (χ3n) is 3.33. The summed E-state index contributed by atoms with van der Waals surface area (Å²) in [6, 6.07) is 8.53. The molecule has 0 aromatic heterocycles. The predicted octanol–water partition coefficient (Wildman–Crippen LogP) is 5.08. The van der Waals surface area contributed by atoms with Gasteiger partial charge in [-0.2, -0.15) is 0 Å². The van der Waals surface area contributed by atoms with Gasteiger partial charge in [-0.3, -0.25) is 4.79 Å². The number of ether oxygens (including phenoxy) is 2. The second kappa shape index (κ2) is 7.16. The van der Waals surface area contributed by atoms with E-state index >= 15 is 0 Å². The number of halogens is 4. The number of alkyl halides is 3. The van der Waals surface area contributed by atoms with Crippen molar-refractivity contribution in [2.45, 2.75) is 24.3 Å². The van der Waals surface area contributed by atoms with Crippen molar-refractivity contribution in [2.75, 3.05) is 10.0 Å². The standard InChI is InChI=1S/C16H12ClF3N2O3S/c1-8-15(23)21-12-6-11(17)14(7-13(12)24-8)26-22-9-2-4-10(5-3-9)25-16(18,19)20/h2-8,22H,1H3,(H,21,23). The highest BCUT2D eigenvalue weighted by Crippen LogP contribution is 2.39. The highest BCUT2D eigenvalue weighted by molar-refractivity contribution is 8.00. The fourth-order valence-corrected chi connectivity index (χ4v) is 3.09. The van der Waals surface area contributed by atoms with Gasteiger partial charge in [0.05, 0.1) is 15.6 Å². The molecular weight excluding hydrogens is 393 g/mol. The predicted molar refractivity (Wildman–Crippen MR) is 92.8 cm³/mol. The van der Waals surface area contributed by atoms with Crippen molar-refractivity contribution in [1.82, 2.24) is 0 Å². The number of carbonyl (C=O) groups is 1. The molecule has 2 N–H and O–H groups in total. The van der Waals surface area contributed by atoms with Crippen LogP contribution in [0.4, 0.5) is 24.5 Å². The van der Waals surface area contributed by atoms with E-state index < -0.39 is 12.5 Å². The molecule has 0 bridgehead atoms. The third-order valence-corrected chi connectivity index (χ3v) is 4.65. The number of amides is 1. The van der Waals surface area contributed by atoms with Gasteiger partial charge in [0.25, 0.3) is 5.91 Å². The number of nitrogens with one attached hydrogen (secondary N) is 2. The molecule has 1 aliphatic rings. The van der Waals surface area contributed by atoms with Gasteiger partial charge < -0.3 is 19.5 Å². The number of anilines is 2. The zero-order valence-corrected chi connectivity index (χ0v) is 14.8. The molecule has 1 heterocycles. The Morgan fingerprint density at radius 1 is 1.27 bits per heavy atom. The first-order chi connectivity index (χ1) is 12.2. The molecular formula is C16H12ClF3N2O3S. The lowest BCUT2D eigenvalue weighted by Gasteiger charge is -2.24. The highest BCUT2D eigenvalue weighted by Gasteiger charge is 2.31. The number of benzene rings is 2. The molecule has 2 aromatic carbocycles. The van der Waals surface area contributed by atoms with Crippen LogP contribution in [0.5, 0.6) is 11.5 Å². The van der Waals surface area contributed by atoms with Crippen molar-refractivity contribution in [3.63, 3.8) is 0 Å². The minimum Gasteiger partial charge on any atom is -0.479 e. The Hall–Kier alpha value is -2.26. The van der Waals surface area contributed by atoms with Crippen LogP contribution in [0.15, 0.2) is 41.3 Å². The van der Waals surface area contributed by atoms with E-state index in [1.165, 1.54) is 24.3 Å². The lowest BCUT2D eigenvalue weighted by atomic mass is 10.2. The summed E-state index contributed by atoms with van der Waals surface area (Å²) in [5, 5.41) is 3.08. The Kier molecular flexibility index (Phi) is 5.10. The lowest BCUT2D eigenvalue weighted by molar-refractivity contribution is -0.274. The normalized spacial score (nSPS) is 16.3. The fraction of sp³-hybridized carbons (Fsp3) is 0.188. The third kappa shape index (κ3) is 4.47. The maximum Gasteiger partial charge on any atom is 0.573 e. The molecule has 0 saturated heterocycles. The van der Waals surface area contributed by atoms with Crippen molar-refractivity contribution >= 4 is 40.8 Å². The highest BCUT2D eigenvalue weighted by atomic mass is 35.5. The van der Waals surface area contributed by atoms with Gasteiger partial charge in [0.15, 0.2) is 6.10 Å². The molecule has 0 spiro atoms. The van der Waals surface area contributed by atoms with Gasteiger partial charge in [-0.1, -0.05) is 11.6 Å². The summed E-state index contributed by atoms with van der Waals surface area (Å²) in [5.74, 6) is -0.0778. The Balaban J connectivity index is 1.68. The molecule has 0 aliphatic carbocycles. The average Bonchev–Trinajstić information content (AvgIpc) is 2.55. The van der Waals surface area contributed by atoms with E-state index in [1.807, 2.05) is 0 Å². The Bertz CT molecular complexity index is 831. The second-order valence-corrected chi connectivity index (χ2v) is 6.56. The Labute approximate surface area is 155 Å². The van der Waals surface area contributed by atoms with Gasteiger partial charge in [0, 0.05) is 5.69 Å². The van der Waals surface area contributed by atoms with Gasteiger partial charge in [-0.15, -0.1) is 13.2 Å². The molecule has 10 heteroatoms. The van der Waals surface area contributed by atoms with E-state index in [0.29, 0.717) is 27.0 Å². The Morgan fingerprint density at radius 2 is 1.96 bits per heavy atom. The molecule has 1 atom stereocenters. The quantitative estimate of drug-likeness (QED) is 0.696. The zero-order chi connectivity index (χ0) is 18.9. The van der Waals surface area contributed by atoms with Crippen LogP contribution < -0.4 is 19.5 Å². The zero-order valence-electron chi connectivity index (χ0n) is 13.2. The molecule has 3 rings (SSSR count). The number of hydrogen-bond donors (Lipinski definition) is 2. The van der Waals surface area contributed by atoms with Crippen molar-refractivity contribution in [2.24, 2.45) is 0 Å². The van der Waals surface area contributed by atoms with Crippen molar-refractivity contribution in [3.05, 3.63) is 41.4 Å². The molecule has 5 nitrogen and oxygen atoms in total. The topological polar surface area (TPSA) is 59.6 Å². The summed E-state index contributed by atoms with van der Waals surface area (Å²) >= 11 is 7.35. The summed E-state index contributed by atoms with van der Waals surface area (Å²) in [6.07, 6.45) is -5.34. The molecule has 2 aromatic rings. The summed E-state index contributed by atoms with van der Waals surface area (Å²) in [5.41, 5.74) is 1.04. The van der Waals surface area contributed by atoms with Gasteiger partial charge in [0.2, 0.25) is 0 Å². The first-order valence-corrected chi connectivity index (χ1v) is 8.50. The number of fused-ring (bicyclic) bond motifs is 1. The molecule has 1 aliphatic heterocycles. The SMILES string of the molecule is CC1Oc2cc(SNc3ccc(OC(F)(F)F)cc3)c(Cl)cc2NC1=O.